The number of non-ortho nitro benzene ring substituents is 1. The lowest BCUT2D eigenvalue weighted by Gasteiger charge is -2.08. The number of nitro benzene ring substituents is 1. The summed E-state index contributed by atoms with van der Waals surface area (Å²) >= 11 is 0. The van der Waals surface area contributed by atoms with Gasteiger partial charge in [0.2, 0.25) is 0 Å². The quantitative estimate of drug-likeness (QED) is 0.522. The number of rotatable bonds is 5. The molecule has 10 heteroatoms. The number of nitro groups is 1. The second kappa shape index (κ2) is 8.15. The maximum absolute atomic E-state index is 11.9. The molecular formula is C15H13N5O5. The molecule has 0 aliphatic rings. The molecule has 0 spiro atoms. The van der Waals surface area contributed by atoms with Crippen molar-refractivity contribution >= 4 is 23.4 Å². The number of pyridine rings is 1. The molecule has 1 heterocycles. The molecule has 0 saturated heterocycles. The van der Waals surface area contributed by atoms with Crippen LogP contribution in [-0.2, 0) is 4.79 Å². The van der Waals surface area contributed by atoms with Crippen LogP contribution in [-0.4, -0.2) is 34.2 Å². The first-order chi connectivity index (χ1) is 12.0. The van der Waals surface area contributed by atoms with Crippen molar-refractivity contribution in [1.29, 1.82) is 0 Å². The van der Waals surface area contributed by atoms with Crippen LogP contribution in [0.15, 0.2) is 48.7 Å². The van der Waals surface area contributed by atoms with E-state index in [4.69, 9.17) is 0 Å². The summed E-state index contributed by atoms with van der Waals surface area (Å²) in [6, 6.07) is 9.80. The minimum absolute atomic E-state index is 0.0412. The third kappa shape index (κ3) is 5.10. The highest BCUT2D eigenvalue weighted by atomic mass is 16.6. The molecule has 0 bridgehead atoms. The van der Waals surface area contributed by atoms with E-state index in [1.165, 1.54) is 30.5 Å². The zero-order chi connectivity index (χ0) is 18.2. The molecule has 3 amide bonds. The molecular weight excluding hydrogens is 330 g/mol. The summed E-state index contributed by atoms with van der Waals surface area (Å²) in [4.78, 5) is 49.0. The van der Waals surface area contributed by atoms with Crippen molar-refractivity contribution in [3.05, 3.63) is 70.0 Å². The molecule has 3 N–H and O–H groups in total. The number of nitrogens with one attached hydrogen (secondary N) is 3. The van der Waals surface area contributed by atoms with Gasteiger partial charge >= 0.3 is 0 Å². The summed E-state index contributed by atoms with van der Waals surface area (Å²) < 4.78 is 0. The molecule has 0 aliphatic heterocycles. The van der Waals surface area contributed by atoms with E-state index in [-0.39, 0.29) is 16.9 Å². The Morgan fingerprint density at radius 1 is 1.04 bits per heavy atom. The number of amides is 3. The van der Waals surface area contributed by atoms with Crippen molar-refractivity contribution in [1.82, 2.24) is 21.2 Å². The van der Waals surface area contributed by atoms with Gasteiger partial charge in [-0.3, -0.25) is 40.3 Å². The van der Waals surface area contributed by atoms with Gasteiger partial charge in [-0.15, -0.1) is 0 Å². The number of hydrogen-bond acceptors (Lipinski definition) is 6. The first-order valence-electron chi connectivity index (χ1n) is 7.00. The third-order valence-corrected chi connectivity index (χ3v) is 2.94. The predicted octanol–water partition coefficient (Wildman–Crippen LogP) is 0.181. The molecule has 0 radical (unpaired) electrons. The molecule has 2 rings (SSSR count). The zero-order valence-corrected chi connectivity index (χ0v) is 12.8. The van der Waals surface area contributed by atoms with E-state index in [0.29, 0.717) is 0 Å². The molecule has 10 nitrogen and oxygen atoms in total. The van der Waals surface area contributed by atoms with Crippen LogP contribution in [0.4, 0.5) is 5.69 Å². The number of carbonyl (C=O) groups excluding carboxylic acids is 3. The fourth-order valence-electron chi connectivity index (χ4n) is 1.76. The lowest BCUT2D eigenvalue weighted by atomic mass is 10.2. The number of hydrogen-bond donors (Lipinski definition) is 3. The summed E-state index contributed by atoms with van der Waals surface area (Å²) in [7, 11) is 0. The monoisotopic (exact) mass is 343 g/mol. The van der Waals surface area contributed by atoms with E-state index in [1.54, 1.807) is 12.1 Å². The van der Waals surface area contributed by atoms with E-state index < -0.39 is 29.2 Å². The zero-order valence-electron chi connectivity index (χ0n) is 12.8. The van der Waals surface area contributed by atoms with Crippen LogP contribution in [0, 0.1) is 10.1 Å². The number of aromatic nitrogens is 1. The van der Waals surface area contributed by atoms with Crippen molar-refractivity contribution < 1.29 is 19.3 Å². The molecule has 25 heavy (non-hydrogen) atoms. The average Bonchev–Trinajstić information content (AvgIpc) is 2.64. The molecule has 0 aliphatic carbocycles. The molecule has 0 saturated carbocycles. The topological polar surface area (TPSA) is 143 Å². The Hall–Kier alpha value is -3.82. The third-order valence-electron chi connectivity index (χ3n) is 2.94. The van der Waals surface area contributed by atoms with Gasteiger partial charge < -0.3 is 5.32 Å². The molecule has 0 atom stereocenters. The van der Waals surface area contributed by atoms with Gasteiger partial charge in [0.15, 0.2) is 0 Å². The Bertz CT molecular complexity index is 809. The summed E-state index contributed by atoms with van der Waals surface area (Å²) in [5, 5.41) is 13.0. The van der Waals surface area contributed by atoms with Crippen molar-refractivity contribution in [2.75, 3.05) is 6.54 Å². The molecule has 0 fully saturated rings. The Kier molecular flexibility index (Phi) is 5.72. The SMILES string of the molecule is O=C(CNC(=O)c1cccc([N+](=O)[O-])c1)NNC(=O)c1ccccn1. The molecule has 0 unspecified atom stereocenters. The van der Waals surface area contributed by atoms with E-state index in [0.717, 1.165) is 6.07 Å². The number of carbonyl (C=O) groups is 3. The maximum Gasteiger partial charge on any atom is 0.288 e. The van der Waals surface area contributed by atoms with Gasteiger partial charge in [0.05, 0.1) is 11.5 Å². The van der Waals surface area contributed by atoms with Crippen molar-refractivity contribution in [2.24, 2.45) is 0 Å². The first-order valence-corrected chi connectivity index (χ1v) is 7.00. The number of nitrogens with zero attached hydrogens (tertiary/aromatic N) is 2. The van der Waals surface area contributed by atoms with Crippen LogP contribution in [0.3, 0.4) is 0 Å². The van der Waals surface area contributed by atoms with Crippen molar-refractivity contribution in [2.45, 2.75) is 0 Å². The average molecular weight is 343 g/mol. The van der Waals surface area contributed by atoms with Gasteiger partial charge in [-0.2, -0.15) is 0 Å². The smallest absolute Gasteiger partial charge is 0.288 e. The van der Waals surface area contributed by atoms with E-state index in [1.807, 2.05) is 0 Å². The normalized spacial score (nSPS) is 9.76. The Morgan fingerprint density at radius 3 is 2.52 bits per heavy atom. The summed E-state index contributed by atoms with van der Waals surface area (Å²) in [5.41, 5.74) is 4.18. The number of hydrazine groups is 1. The highest BCUT2D eigenvalue weighted by Gasteiger charge is 2.13. The molecule has 2 aromatic rings. The van der Waals surface area contributed by atoms with E-state index >= 15 is 0 Å². The van der Waals surface area contributed by atoms with Crippen LogP contribution in [0.25, 0.3) is 0 Å². The van der Waals surface area contributed by atoms with Crippen molar-refractivity contribution in [3.8, 4) is 0 Å². The van der Waals surface area contributed by atoms with Crippen LogP contribution >= 0.6 is 0 Å². The van der Waals surface area contributed by atoms with Gasteiger partial charge in [-0.05, 0) is 18.2 Å². The van der Waals surface area contributed by atoms with Crippen molar-refractivity contribution in [3.63, 3.8) is 0 Å². The molecule has 1 aromatic heterocycles. The predicted molar refractivity (Wildman–Crippen MR) is 85.3 cm³/mol. The van der Waals surface area contributed by atoms with Gasteiger partial charge in [0, 0.05) is 23.9 Å². The van der Waals surface area contributed by atoms with Gasteiger partial charge in [-0.25, -0.2) is 0 Å². The van der Waals surface area contributed by atoms with Gasteiger partial charge in [0.25, 0.3) is 23.4 Å². The van der Waals surface area contributed by atoms with Crippen LogP contribution in [0.1, 0.15) is 20.8 Å². The van der Waals surface area contributed by atoms with Crippen LogP contribution in [0.5, 0.6) is 0 Å². The maximum atomic E-state index is 11.9. The second-order valence-corrected chi connectivity index (χ2v) is 4.71. The molecule has 128 valence electrons. The number of benzene rings is 1. The lowest BCUT2D eigenvalue weighted by Crippen LogP contribution is -2.46. The highest BCUT2D eigenvalue weighted by molar-refractivity contribution is 5.97. The fourth-order valence-corrected chi connectivity index (χ4v) is 1.76. The lowest BCUT2D eigenvalue weighted by molar-refractivity contribution is -0.384. The Labute approximate surface area is 141 Å². The van der Waals surface area contributed by atoms with E-state index in [2.05, 4.69) is 21.2 Å². The fraction of sp³-hybridized carbons (Fsp3) is 0.0667. The standard InChI is InChI=1S/C15H13N5O5/c21-13(18-19-15(23)12-6-1-2-7-16-12)9-17-14(22)10-4-3-5-11(8-10)20(24)25/h1-8H,9H2,(H,17,22)(H,18,21)(H,19,23). The molecule has 1 aromatic carbocycles. The minimum Gasteiger partial charge on any atom is -0.343 e. The Morgan fingerprint density at radius 2 is 1.84 bits per heavy atom. The largest absolute Gasteiger partial charge is 0.343 e. The minimum atomic E-state index is -0.678. The van der Waals surface area contributed by atoms with E-state index in [9.17, 15) is 24.5 Å². The highest BCUT2D eigenvalue weighted by Crippen LogP contribution is 2.12. The summed E-state index contributed by atoms with van der Waals surface area (Å²) in [5.74, 6) is -1.95. The Balaban J connectivity index is 1.81. The van der Waals surface area contributed by atoms with Crippen LogP contribution in [0.2, 0.25) is 0 Å². The first kappa shape index (κ1) is 17.5. The van der Waals surface area contributed by atoms with Crippen LogP contribution < -0.4 is 16.2 Å². The second-order valence-electron chi connectivity index (χ2n) is 4.71. The summed E-state index contributed by atoms with van der Waals surface area (Å²) in [6.45, 7) is -0.427. The van der Waals surface area contributed by atoms with Gasteiger partial charge in [0.1, 0.15) is 5.69 Å². The summed E-state index contributed by atoms with van der Waals surface area (Å²) in [6.07, 6.45) is 1.43. The van der Waals surface area contributed by atoms with Gasteiger partial charge in [-0.1, -0.05) is 12.1 Å².